The van der Waals surface area contributed by atoms with Gasteiger partial charge in [-0.2, -0.15) is 0 Å². The standard InChI is InChI=1S/C16H15ClFNO/c1-10-5-3-8-14(15(10)18)16(20)19-11(2)12-6-4-7-13(17)9-12/h3-9,11H,1-2H3,(H,19,20). The zero-order valence-corrected chi connectivity index (χ0v) is 12.0. The van der Waals surface area contributed by atoms with Gasteiger partial charge in [0.25, 0.3) is 5.91 Å². The van der Waals surface area contributed by atoms with Crippen LogP contribution in [0.2, 0.25) is 5.02 Å². The number of carbonyl (C=O) groups is 1. The van der Waals surface area contributed by atoms with Crippen LogP contribution in [0, 0.1) is 12.7 Å². The van der Waals surface area contributed by atoms with E-state index in [0.29, 0.717) is 10.6 Å². The van der Waals surface area contributed by atoms with Crippen LogP contribution in [0.4, 0.5) is 4.39 Å². The number of amides is 1. The van der Waals surface area contributed by atoms with E-state index in [1.807, 2.05) is 19.1 Å². The van der Waals surface area contributed by atoms with Crippen LogP contribution in [0.5, 0.6) is 0 Å². The quantitative estimate of drug-likeness (QED) is 0.898. The fourth-order valence-electron chi connectivity index (χ4n) is 1.96. The lowest BCUT2D eigenvalue weighted by Gasteiger charge is -2.15. The third-order valence-corrected chi connectivity index (χ3v) is 3.37. The minimum Gasteiger partial charge on any atom is -0.345 e. The summed E-state index contributed by atoms with van der Waals surface area (Å²) in [6.07, 6.45) is 0. The first-order valence-corrected chi connectivity index (χ1v) is 6.68. The van der Waals surface area contributed by atoms with Gasteiger partial charge in [-0.05, 0) is 43.2 Å². The average molecular weight is 292 g/mol. The Bertz CT molecular complexity index is 642. The first kappa shape index (κ1) is 14.5. The summed E-state index contributed by atoms with van der Waals surface area (Å²) < 4.78 is 13.9. The fourth-order valence-corrected chi connectivity index (χ4v) is 2.16. The highest BCUT2D eigenvalue weighted by Gasteiger charge is 2.16. The Morgan fingerprint density at radius 2 is 1.95 bits per heavy atom. The number of benzene rings is 2. The van der Waals surface area contributed by atoms with E-state index >= 15 is 0 Å². The second kappa shape index (κ2) is 6.06. The van der Waals surface area contributed by atoms with Crippen molar-refractivity contribution in [2.24, 2.45) is 0 Å². The van der Waals surface area contributed by atoms with E-state index in [0.717, 1.165) is 5.56 Å². The highest BCUT2D eigenvalue weighted by molar-refractivity contribution is 6.30. The van der Waals surface area contributed by atoms with Crippen molar-refractivity contribution in [1.82, 2.24) is 5.32 Å². The summed E-state index contributed by atoms with van der Waals surface area (Å²) >= 11 is 5.92. The van der Waals surface area contributed by atoms with E-state index in [-0.39, 0.29) is 11.6 Å². The number of rotatable bonds is 3. The molecule has 0 radical (unpaired) electrons. The molecule has 2 aromatic carbocycles. The van der Waals surface area contributed by atoms with Crippen molar-refractivity contribution in [2.45, 2.75) is 19.9 Å². The lowest BCUT2D eigenvalue weighted by Crippen LogP contribution is -2.27. The van der Waals surface area contributed by atoms with E-state index in [9.17, 15) is 9.18 Å². The molecule has 2 rings (SSSR count). The van der Waals surface area contributed by atoms with Crippen LogP contribution in [-0.2, 0) is 0 Å². The van der Waals surface area contributed by atoms with Crippen LogP contribution < -0.4 is 5.32 Å². The normalized spacial score (nSPS) is 12.0. The maximum atomic E-state index is 13.9. The molecule has 1 unspecified atom stereocenters. The molecule has 0 aliphatic heterocycles. The van der Waals surface area contributed by atoms with Gasteiger partial charge in [0.1, 0.15) is 5.82 Å². The molecule has 20 heavy (non-hydrogen) atoms. The molecule has 1 amide bonds. The first-order chi connectivity index (χ1) is 9.49. The molecular formula is C16H15ClFNO. The topological polar surface area (TPSA) is 29.1 Å². The maximum Gasteiger partial charge on any atom is 0.254 e. The van der Waals surface area contributed by atoms with Crippen molar-refractivity contribution >= 4 is 17.5 Å². The molecule has 0 aromatic heterocycles. The van der Waals surface area contributed by atoms with Gasteiger partial charge in [-0.15, -0.1) is 0 Å². The van der Waals surface area contributed by atoms with E-state index in [4.69, 9.17) is 11.6 Å². The molecule has 2 aromatic rings. The number of carbonyl (C=O) groups excluding carboxylic acids is 1. The van der Waals surface area contributed by atoms with Crippen LogP contribution in [0.25, 0.3) is 0 Å². The summed E-state index contributed by atoms with van der Waals surface area (Å²) in [6, 6.07) is 11.7. The molecule has 0 aliphatic carbocycles. The Kier molecular flexibility index (Phi) is 4.40. The number of nitrogens with one attached hydrogen (secondary N) is 1. The van der Waals surface area contributed by atoms with E-state index in [1.165, 1.54) is 6.07 Å². The lowest BCUT2D eigenvalue weighted by atomic mass is 10.1. The Morgan fingerprint density at radius 3 is 2.65 bits per heavy atom. The molecule has 104 valence electrons. The van der Waals surface area contributed by atoms with Crippen molar-refractivity contribution < 1.29 is 9.18 Å². The van der Waals surface area contributed by atoms with Gasteiger partial charge < -0.3 is 5.32 Å². The predicted octanol–water partition coefficient (Wildman–Crippen LogP) is 4.28. The second-order valence-corrected chi connectivity index (χ2v) is 5.12. The zero-order chi connectivity index (χ0) is 14.7. The van der Waals surface area contributed by atoms with Gasteiger partial charge in [-0.25, -0.2) is 4.39 Å². The van der Waals surface area contributed by atoms with Crippen LogP contribution in [0.1, 0.15) is 34.5 Å². The van der Waals surface area contributed by atoms with Gasteiger partial charge in [0, 0.05) is 5.02 Å². The van der Waals surface area contributed by atoms with E-state index < -0.39 is 11.7 Å². The Labute approximate surface area is 122 Å². The minimum atomic E-state index is -0.483. The molecule has 0 bridgehead atoms. The van der Waals surface area contributed by atoms with Crippen molar-refractivity contribution in [3.05, 3.63) is 70.0 Å². The van der Waals surface area contributed by atoms with Gasteiger partial charge >= 0.3 is 0 Å². The summed E-state index contributed by atoms with van der Waals surface area (Å²) in [7, 11) is 0. The second-order valence-electron chi connectivity index (χ2n) is 4.69. The molecule has 0 aliphatic rings. The Hall–Kier alpha value is -1.87. The monoisotopic (exact) mass is 291 g/mol. The van der Waals surface area contributed by atoms with Crippen LogP contribution in [0.3, 0.4) is 0 Å². The van der Waals surface area contributed by atoms with Crippen molar-refractivity contribution in [2.75, 3.05) is 0 Å². The smallest absolute Gasteiger partial charge is 0.254 e. The van der Waals surface area contributed by atoms with Crippen molar-refractivity contribution in [3.8, 4) is 0 Å². The molecule has 0 saturated heterocycles. The first-order valence-electron chi connectivity index (χ1n) is 6.30. The highest BCUT2D eigenvalue weighted by atomic mass is 35.5. The highest BCUT2D eigenvalue weighted by Crippen LogP contribution is 2.19. The van der Waals surface area contributed by atoms with Crippen LogP contribution in [-0.4, -0.2) is 5.91 Å². The lowest BCUT2D eigenvalue weighted by molar-refractivity contribution is 0.0935. The number of hydrogen-bond donors (Lipinski definition) is 1. The molecule has 1 atom stereocenters. The average Bonchev–Trinajstić information content (AvgIpc) is 2.41. The van der Waals surface area contributed by atoms with Crippen LogP contribution in [0.15, 0.2) is 42.5 Å². The summed E-state index contributed by atoms with van der Waals surface area (Å²) in [5.41, 5.74) is 1.38. The van der Waals surface area contributed by atoms with Gasteiger partial charge in [0.2, 0.25) is 0 Å². The Morgan fingerprint density at radius 1 is 1.25 bits per heavy atom. The predicted molar refractivity (Wildman–Crippen MR) is 78.5 cm³/mol. The van der Waals surface area contributed by atoms with E-state index in [1.54, 1.807) is 31.2 Å². The minimum absolute atomic E-state index is 0.0545. The number of halogens is 2. The molecule has 4 heteroatoms. The van der Waals surface area contributed by atoms with Crippen molar-refractivity contribution in [3.63, 3.8) is 0 Å². The molecule has 0 heterocycles. The summed E-state index contributed by atoms with van der Waals surface area (Å²) in [5, 5.41) is 3.37. The number of aryl methyl sites for hydroxylation is 1. The van der Waals surface area contributed by atoms with Gasteiger partial charge in [0.15, 0.2) is 0 Å². The van der Waals surface area contributed by atoms with Crippen LogP contribution >= 0.6 is 11.6 Å². The van der Waals surface area contributed by atoms with Gasteiger partial charge in [0.05, 0.1) is 11.6 Å². The van der Waals surface area contributed by atoms with Crippen molar-refractivity contribution in [1.29, 1.82) is 0 Å². The molecule has 0 spiro atoms. The third kappa shape index (κ3) is 3.17. The molecule has 2 nitrogen and oxygen atoms in total. The molecule has 0 saturated carbocycles. The van der Waals surface area contributed by atoms with Gasteiger partial charge in [-0.3, -0.25) is 4.79 Å². The molecule has 1 N–H and O–H groups in total. The largest absolute Gasteiger partial charge is 0.345 e. The molecular weight excluding hydrogens is 277 g/mol. The summed E-state index contributed by atoms with van der Waals surface area (Å²) in [6.45, 7) is 3.46. The molecule has 0 fully saturated rings. The maximum absolute atomic E-state index is 13.9. The number of hydrogen-bond acceptors (Lipinski definition) is 1. The zero-order valence-electron chi connectivity index (χ0n) is 11.3. The fraction of sp³-hybridized carbons (Fsp3) is 0.188. The summed E-state index contributed by atoms with van der Waals surface area (Å²) in [5.74, 6) is -0.915. The van der Waals surface area contributed by atoms with E-state index in [2.05, 4.69) is 5.32 Å². The Balaban J connectivity index is 2.17. The SMILES string of the molecule is Cc1cccc(C(=O)NC(C)c2cccc(Cl)c2)c1F. The van der Waals surface area contributed by atoms with Gasteiger partial charge in [-0.1, -0.05) is 35.9 Å². The third-order valence-electron chi connectivity index (χ3n) is 3.13. The summed E-state index contributed by atoms with van der Waals surface area (Å²) in [4.78, 5) is 12.1.